The Hall–Kier alpha value is -1.36. The molecule has 0 aliphatic heterocycles. The maximum atomic E-state index is 11.8. The number of aromatic nitrogens is 1. The molecule has 0 bridgehead atoms. The number of oxazole rings is 1. The molecule has 1 aliphatic rings. The molecule has 2 rings (SSSR count). The van der Waals surface area contributed by atoms with Gasteiger partial charge in [0.25, 0.3) is 5.91 Å². The molecule has 100 valence electrons. The van der Waals surface area contributed by atoms with Crippen molar-refractivity contribution in [3.05, 3.63) is 17.8 Å². The monoisotopic (exact) mass is 251 g/mol. The summed E-state index contributed by atoms with van der Waals surface area (Å²) in [5.74, 6) is 0.570. The number of hydrogen-bond acceptors (Lipinski definition) is 4. The van der Waals surface area contributed by atoms with E-state index in [9.17, 15) is 4.79 Å². The van der Waals surface area contributed by atoms with Crippen LogP contribution in [0.25, 0.3) is 0 Å². The van der Waals surface area contributed by atoms with E-state index in [4.69, 9.17) is 10.2 Å². The molecule has 0 saturated heterocycles. The zero-order valence-corrected chi connectivity index (χ0v) is 11.0. The van der Waals surface area contributed by atoms with Gasteiger partial charge < -0.3 is 15.5 Å². The van der Waals surface area contributed by atoms with Gasteiger partial charge in [0.15, 0.2) is 5.69 Å². The minimum absolute atomic E-state index is 0.161. The van der Waals surface area contributed by atoms with Gasteiger partial charge in [-0.05, 0) is 25.2 Å². The Morgan fingerprint density at radius 3 is 2.94 bits per heavy atom. The molecule has 1 amide bonds. The first-order valence-electron chi connectivity index (χ1n) is 6.63. The highest BCUT2D eigenvalue weighted by molar-refractivity contribution is 5.92. The smallest absolute Gasteiger partial charge is 0.273 e. The minimum Gasteiger partial charge on any atom is -0.446 e. The Kier molecular flexibility index (Phi) is 4.01. The Morgan fingerprint density at radius 2 is 2.39 bits per heavy atom. The van der Waals surface area contributed by atoms with Crippen LogP contribution in [0.15, 0.2) is 10.7 Å². The van der Waals surface area contributed by atoms with Crippen LogP contribution in [0, 0.1) is 5.92 Å². The van der Waals surface area contributed by atoms with Crippen molar-refractivity contribution < 1.29 is 9.21 Å². The van der Waals surface area contributed by atoms with E-state index in [1.807, 2.05) is 6.92 Å². The summed E-state index contributed by atoms with van der Waals surface area (Å²) in [7, 11) is 0. The second-order valence-corrected chi connectivity index (χ2v) is 5.08. The number of hydrogen-bond donors (Lipinski definition) is 2. The molecule has 1 aliphatic carbocycles. The summed E-state index contributed by atoms with van der Waals surface area (Å²) in [5.41, 5.74) is 6.34. The van der Waals surface area contributed by atoms with E-state index in [2.05, 4.69) is 17.2 Å². The molecule has 0 spiro atoms. The maximum absolute atomic E-state index is 11.8. The van der Waals surface area contributed by atoms with Gasteiger partial charge in [-0.25, -0.2) is 4.98 Å². The van der Waals surface area contributed by atoms with Crippen LogP contribution in [-0.2, 0) is 0 Å². The highest BCUT2D eigenvalue weighted by atomic mass is 16.3. The Labute approximate surface area is 107 Å². The molecule has 0 aromatic carbocycles. The number of nitrogens with one attached hydrogen (secondary N) is 1. The Balaban J connectivity index is 1.98. The first kappa shape index (κ1) is 13.1. The number of nitrogens with two attached hydrogens (primary N) is 1. The largest absolute Gasteiger partial charge is 0.446 e. The van der Waals surface area contributed by atoms with Gasteiger partial charge in [0, 0.05) is 6.04 Å². The second-order valence-electron chi connectivity index (χ2n) is 5.08. The third kappa shape index (κ3) is 2.72. The van der Waals surface area contributed by atoms with Crippen LogP contribution < -0.4 is 11.1 Å². The van der Waals surface area contributed by atoms with Gasteiger partial charge >= 0.3 is 0 Å². The van der Waals surface area contributed by atoms with Crippen molar-refractivity contribution in [3.63, 3.8) is 0 Å². The van der Waals surface area contributed by atoms with Crippen molar-refractivity contribution in [2.75, 3.05) is 0 Å². The van der Waals surface area contributed by atoms with Crippen LogP contribution in [0.5, 0.6) is 0 Å². The third-order valence-electron chi connectivity index (χ3n) is 3.74. The average molecular weight is 251 g/mol. The molecule has 1 fully saturated rings. The lowest BCUT2D eigenvalue weighted by molar-refractivity contribution is 0.0912. The lowest BCUT2D eigenvalue weighted by atomic mass is 9.93. The molecule has 3 N–H and O–H groups in total. The molecule has 1 heterocycles. The van der Waals surface area contributed by atoms with Crippen molar-refractivity contribution in [1.29, 1.82) is 0 Å². The lowest BCUT2D eigenvalue weighted by Crippen LogP contribution is -2.39. The Bertz CT molecular complexity index is 412. The van der Waals surface area contributed by atoms with Crippen LogP contribution in [0.1, 0.15) is 62.0 Å². The molecule has 1 saturated carbocycles. The van der Waals surface area contributed by atoms with Crippen molar-refractivity contribution in [2.24, 2.45) is 11.7 Å². The fraction of sp³-hybridized carbons (Fsp3) is 0.692. The van der Waals surface area contributed by atoms with E-state index in [0.29, 0.717) is 17.6 Å². The fourth-order valence-corrected chi connectivity index (χ4v) is 1.85. The highest BCUT2D eigenvalue weighted by Crippen LogP contribution is 2.22. The van der Waals surface area contributed by atoms with Crippen molar-refractivity contribution in [1.82, 2.24) is 10.3 Å². The summed E-state index contributed by atoms with van der Waals surface area (Å²) < 4.78 is 5.31. The minimum atomic E-state index is -0.250. The second kappa shape index (κ2) is 5.52. The number of nitrogens with zero attached hydrogens (tertiary/aromatic N) is 1. The summed E-state index contributed by atoms with van der Waals surface area (Å²) in [6.07, 6.45) is 5.65. The zero-order valence-electron chi connectivity index (χ0n) is 11.0. The molecular weight excluding hydrogens is 230 g/mol. The zero-order chi connectivity index (χ0) is 13.1. The summed E-state index contributed by atoms with van der Waals surface area (Å²) in [4.78, 5) is 16.0. The molecule has 1 aromatic rings. The predicted octanol–water partition coefficient (Wildman–Crippen LogP) is 2.00. The molecular formula is C13H21N3O2. The molecule has 1 aromatic heterocycles. The van der Waals surface area contributed by atoms with Crippen LogP contribution in [0.3, 0.4) is 0 Å². The van der Waals surface area contributed by atoms with Gasteiger partial charge in [0.2, 0.25) is 5.89 Å². The maximum Gasteiger partial charge on any atom is 0.273 e. The van der Waals surface area contributed by atoms with Gasteiger partial charge in [-0.3, -0.25) is 4.79 Å². The van der Waals surface area contributed by atoms with E-state index in [1.54, 1.807) is 0 Å². The topological polar surface area (TPSA) is 81.1 Å². The van der Waals surface area contributed by atoms with E-state index in [0.717, 1.165) is 19.3 Å². The van der Waals surface area contributed by atoms with Crippen LogP contribution in [0.2, 0.25) is 0 Å². The normalized spacial score (nSPS) is 19.1. The van der Waals surface area contributed by atoms with Crippen LogP contribution in [-0.4, -0.2) is 16.9 Å². The number of carbonyl (C=O) groups is 1. The van der Waals surface area contributed by atoms with Crippen molar-refractivity contribution in [3.8, 4) is 0 Å². The molecule has 2 unspecified atom stereocenters. The van der Waals surface area contributed by atoms with E-state index in [1.165, 1.54) is 12.7 Å². The first-order chi connectivity index (χ1) is 8.61. The number of carbonyl (C=O) groups excluding carboxylic acids is 1. The SMILES string of the molecule is CCC(C)C(N)c1nc(C(=O)NC2CCC2)co1. The summed E-state index contributed by atoms with van der Waals surface area (Å²) in [6.45, 7) is 4.11. The molecule has 18 heavy (non-hydrogen) atoms. The van der Waals surface area contributed by atoms with E-state index >= 15 is 0 Å². The summed E-state index contributed by atoms with van der Waals surface area (Å²) >= 11 is 0. The number of rotatable bonds is 5. The van der Waals surface area contributed by atoms with Crippen LogP contribution >= 0.6 is 0 Å². The predicted molar refractivity (Wildman–Crippen MR) is 68.0 cm³/mol. The average Bonchev–Trinajstić information content (AvgIpc) is 2.81. The Morgan fingerprint density at radius 1 is 1.67 bits per heavy atom. The van der Waals surface area contributed by atoms with E-state index in [-0.39, 0.29) is 17.9 Å². The van der Waals surface area contributed by atoms with Crippen molar-refractivity contribution >= 4 is 5.91 Å². The standard InChI is InChI=1S/C13H21N3O2/c1-3-8(2)11(14)13-16-10(7-18-13)12(17)15-9-5-4-6-9/h7-9,11H,3-6,14H2,1-2H3,(H,15,17). The van der Waals surface area contributed by atoms with Gasteiger partial charge in [0.05, 0.1) is 6.04 Å². The summed E-state index contributed by atoms with van der Waals surface area (Å²) in [6, 6.07) is 0.0566. The number of amides is 1. The van der Waals surface area contributed by atoms with E-state index < -0.39 is 0 Å². The molecule has 0 radical (unpaired) electrons. The quantitative estimate of drug-likeness (QED) is 0.838. The summed E-state index contributed by atoms with van der Waals surface area (Å²) in [5, 5.41) is 2.93. The van der Waals surface area contributed by atoms with Gasteiger partial charge in [0.1, 0.15) is 6.26 Å². The van der Waals surface area contributed by atoms with Gasteiger partial charge in [-0.15, -0.1) is 0 Å². The third-order valence-corrected chi connectivity index (χ3v) is 3.74. The van der Waals surface area contributed by atoms with Crippen molar-refractivity contribution in [2.45, 2.75) is 51.6 Å². The molecule has 2 atom stereocenters. The van der Waals surface area contributed by atoms with Crippen LogP contribution in [0.4, 0.5) is 0 Å². The van der Waals surface area contributed by atoms with Gasteiger partial charge in [-0.1, -0.05) is 20.3 Å². The molecule has 5 heteroatoms. The van der Waals surface area contributed by atoms with Gasteiger partial charge in [-0.2, -0.15) is 0 Å². The lowest BCUT2D eigenvalue weighted by Gasteiger charge is -2.25. The first-order valence-corrected chi connectivity index (χ1v) is 6.63. The highest BCUT2D eigenvalue weighted by Gasteiger charge is 2.24. The molecule has 5 nitrogen and oxygen atoms in total. The fourth-order valence-electron chi connectivity index (χ4n) is 1.85.